The van der Waals surface area contributed by atoms with Crippen LogP contribution >= 0.6 is 15.9 Å². The summed E-state index contributed by atoms with van der Waals surface area (Å²) in [4.78, 5) is 24.3. The standard InChI is InChI=1S/C26H23BrN2O4/c1-18-8-11-23(14-19(18)2)32-17-25(30)29-28-16-21-15-22(27)10-12-24(21)33-26(31)13-9-20-6-4-3-5-7-20/h3-16H,17H2,1-2H3,(H,29,30)/b13-9+,28-16-. The van der Waals surface area contributed by atoms with Crippen LogP contribution in [0, 0.1) is 13.8 Å². The van der Waals surface area contributed by atoms with Crippen LogP contribution in [0.4, 0.5) is 0 Å². The summed E-state index contributed by atoms with van der Waals surface area (Å²) in [5.41, 5.74) is 6.05. The molecule has 0 aliphatic carbocycles. The molecular weight excluding hydrogens is 484 g/mol. The molecule has 0 heterocycles. The number of ether oxygens (including phenoxy) is 2. The van der Waals surface area contributed by atoms with E-state index in [2.05, 4.69) is 26.5 Å². The number of nitrogens with one attached hydrogen (secondary N) is 1. The minimum absolute atomic E-state index is 0.176. The van der Waals surface area contributed by atoms with Gasteiger partial charge < -0.3 is 9.47 Å². The van der Waals surface area contributed by atoms with Crippen LogP contribution in [0.5, 0.6) is 11.5 Å². The van der Waals surface area contributed by atoms with Gasteiger partial charge in [0, 0.05) is 16.1 Å². The average molecular weight is 507 g/mol. The van der Waals surface area contributed by atoms with E-state index in [1.165, 1.54) is 12.3 Å². The van der Waals surface area contributed by atoms with Crippen molar-refractivity contribution >= 4 is 40.1 Å². The molecule has 0 spiro atoms. The van der Waals surface area contributed by atoms with Crippen LogP contribution in [0.1, 0.15) is 22.3 Å². The quantitative estimate of drug-likeness (QED) is 0.149. The van der Waals surface area contributed by atoms with Crippen molar-refractivity contribution in [3.63, 3.8) is 0 Å². The lowest BCUT2D eigenvalue weighted by Crippen LogP contribution is -2.24. The summed E-state index contributed by atoms with van der Waals surface area (Å²) < 4.78 is 11.7. The highest BCUT2D eigenvalue weighted by Gasteiger charge is 2.08. The zero-order chi connectivity index (χ0) is 23.6. The topological polar surface area (TPSA) is 77.0 Å². The van der Waals surface area contributed by atoms with Crippen LogP contribution in [0.3, 0.4) is 0 Å². The van der Waals surface area contributed by atoms with Crippen molar-refractivity contribution < 1.29 is 19.1 Å². The van der Waals surface area contributed by atoms with Crippen molar-refractivity contribution in [1.82, 2.24) is 5.43 Å². The Morgan fingerprint density at radius 3 is 2.55 bits per heavy atom. The number of carbonyl (C=O) groups excluding carboxylic acids is 2. The molecule has 0 bridgehead atoms. The van der Waals surface area contributed by atoms with E-state index in [0.717, 1.165) is 21.2 Å². The number of aryl methyl sites for hydroxylation is 2. The highest BCUT2D eigenvalue weighted by atomic mass is 79.9. The van der Waals surface area contributed by atoms with Crippen molar-refractivity contribution in [2.24, 2.45) is 5.10 Å². The lowest BCUT2D eigenvalue weighted by molar-refractivity contribution is -0.129. The summed E-state index contributed by atoms with van der Waals surface area (Å²) in [6.45, 7) is 3.81. The molecule has 1 amide bonds. The summed E-state index contributed by atoms with van der Waals surface area (Å²) in [6.07, 6.45) is 4.43. The molecule has 0 unspecified atom stereocenters. The summed E-state index contributed by atoms with van der Waals surface area (Å²) in [5.74, 6) is -0.0160. The molecule has 33 heavy (non-hydrogen) atoms. The third kappa shape index (κ3) is 7.73. The average Bonchev–Trinajstić information content (AvgIpc) is 2.81. The lowest BCUT2D eigenvalue weighted by Gasteiger charge is -2.08. The van der Waals surface area contributed by atoms with Gasteiger partial charge in [0.2, 0.25) is 0 Å². The van der Waals surface area contributed by atoms with Gasteiger partial charge in [0.05, 0.1) is 6.21 Å². The van der Waals surface area contributed by atoms with E-state index >= 15 is 0 Å². The Balaban J connectivity index is 1.57. The normalized spacial score (nSPS) is 11.0. The molecule has 0 aliphatic rings. The molecule has 6 nitrogen and oxygen atoms in total. The zero-order valence-corrected chi connectivity index (χ0v) is 19.8. The largest absolute Gasteiger partial charge is 0.484 e. The first-order chi connectivity index (χ1) is 15.9. The molecule has 7 heteroatoms. The van der Waals surface area contributed by atoms with Crippen molar-refractivity contribution in [3.8, 4) is 11.5 Å². The molecule has 0 aromatic heterocycles. The molecule has 1 N–H and O–H groups in total. The Morgan fingerprint density at radius 2 is 1.79 bits per heavy atom. The molecular formula is C26H23BrN2O4. The van der Waals surface area contributed by atoms with Crippen molar-refractivity contribution in [1.29, 1.82) is 0 Å². The fourth-order valence-corrected chi connectivity index (χ4v) is 3.12. The Hall–Kier alpha value is -3.71. The number of hydrogen-bond acceptors (Lipinski definition) is 5. The fourth-order valence-electron chi connectivity index (χ4n) is 2.74. The summed E-state index contributed by atoms with van der Waals surface area (Å²) in [6, 6.07) is 20.2. The molecule has 0 saturated heterocycles. The smallest absolute Gasteiger partial charge is 0.336 e. The molecule has 0 fully saturated rings. The molecule has 0 atom stereocenters. The number of carbonyl (C=O) groups is 2. The van der Waals surface area contributed by atoms with Crippen LogP contribution in [-0.4, -0.2) is 24.7 Å². The SMILES string of the molecule is Cc1ccc(OCC(=O)N/N=C\c2cc(Br)ccc2OC(=O)/C=C/c2ccccc2)cc1C. The molecule has 3 aromatic carbocycles. The lowest BCUT2D eigenvalue weighted by atomic mass is 10.1. The van der Waals surface area contributed by atoms with E-state index in [0.29, 0.717) is 17.1 Å². The minimum atomic E-state index is -0.526. The van der Waals surface area contributed by atoms with Crippen molar-refractivity contribution in [3.05, 3.63) is 99.5 Å². The molecule has 0 radical (unpaired) electrons. The summed E-state index contributed by atoms with van der Waals surface area (Å²) in [7, 11) is 0. The maximum Gasteiger partial charge on any atom is 0.336 e. The van der Waals surface area contributed by atoms with Gasteiger partial charge in [-0.05, 0) is 66.9 Å². The van der Waals surface area contributed by atoms with Gasteiger partial charge in [0.1, 0.15) is 11.5 Å². The fraction of sp³-hybridized carbons (Fsp3) is 0.115. The number of halogens is 1. The Kier molecular flexibility index (Phi) is 8.55. The van der Waals surface area contributed by atoms with E-state index in [1.54, 1.807) is 24.3 Å². The zero-order valence-electron chi connectivity index (χ0n) is 18.2. The number of esters is 1. The summed E-state index contributed by atoms with van der Waals surface area (Å²) in [5, 5.41) is 3.95. The van der Waals surface area contributed by atoms with Crippen LogP contribution in [0.2, 0.25) is 0 Å². The Morgan fingerprint density at radius 1 is 1.00 bits per heavy atom. The number of nitrogens with zero attached hydrogens (tertiary/aromatic N) is 1. The second-order valence-corrected chi connectivity index (χ2v) is 8.09. The van der Waals surface area contributed by atoms with E-state index in [4.69, 9.17) is 9.47 Å². The first-order valence-electron chi connectivity index (χ1n) is 10.2. The molecule has 3 aromatic rings. The maximum atomic E-state index is 12.2. The van der Waals surface area contributed by atoms with Gasteiger partial charge in [0.25, 0.3) is 5.91 Å². The predicted octanol–water partition coefficient (Wildman–Crippen LogP) is 5.21. The molecule has 0 saturated carbocycles. The molecule has 168 valence electrons. The highest BCUT2D eigenvalue weighted by molar-refractivity contribution is 9.10. The van der Waals surface area contributed by atoms with E-state index in [1.807, 2.05) is 62.4 Å². The van der Waals surface area contributed by atoms with E-state index in [-0.39, 0.29) is 6.61 Å². The summed E-state index contributed by atoms with van der Waals surface area (Å²) >= 11 is 3.38. The van der Waals surface area contributed by atoms with E-state index in [9.17, 15) is 9.59 Å². The Labute approximate surface area is 201 Å². The predicted molar refractivity (Wildman–Crippen MR) is 132 cm³/mol. The van der Waals surface area contributed by atoms with Crippen LogP contribution in [-0.2, 0) is 9.59 Å². The van der Waals surface area contributed by atoms with Gasteiger partial charge in [-0.15, -0.1) is 0 Å². The van der Waals surface area contributed by atoms with Gasteiger partial charge >= 0.3 is 5.97 Å². The third-order valence-electron chi connectivity index (χ3n) is 4.64. The van der Waals surface area contributed by atoms with Crippen LogP contribution < -0.4 is 14.9 Å². The van der Waals surface area contributed by atoms with E-state index < -0.39 is 11.9 Å². The number of amides is 1. The number of hydrazone groups is 1. The Bertz CT molecular complexity index is 1190. The maximum absolute atomic E-state index is 12.2. The third-order valence-corrected chi connectivity index (χ3v) is 5.13. The second kappa shape index (κ2) is 11.8. The van der Waals surface area contributed by atoms with Crippen LogP contribution in [0.15, 0.2) is 82.4 Å². The molecule has 0 aliphatic heterocycles. The second-order valence-electron chi connectivity index (χ2n) is 7.18. The minimum Gasteiger partial charge on any atom is -0.484 e. The first-order valence-corrected chi connectivity index (χ1v) is 11.0. The molecule has 3 rings (SSSR count). The van der Waals surface area contributed by atoms with Gasteiger partial charge in [-0.3, -0.25) is 4.79 Å². The van der Waals surface area contributed by atoms with Gasteiger partial charge in [-0.2, -0.15) is 5.10 Å². The van der Waals surface area contributed by atoms with Crippen molar-refractivity contribution in [2.75, 3.05) is 6.61 Å². The monoisotopic (exact) mass is 506 g/mol. The highest BCUT2D eigenvalue weighted by Crippen LogP contribution is 2.22. The van der Waals surface area contributed by atoms with Gasteiger partial charge in [0.15, 0.2) is 6.61 Å². The van der Waals surface area contributed by atoms with Gasteiger partial charge in [-0.1, -0.05) is 52.3 Å². The van der Waals surface area contributed by atoms with Crippen LogP contribution in [0.25, 0.3) is 6.08 Å². The van der Waals surface area contributed by atoms with Crippen molar-refractivity contribution in [2.45, 2.75) is 13.8 Å². The number of hydrogen-bond donors (Lipinski definition) is 1. The first kappa shape index (κ1) is 23.9. The van der Waals surface area contributed by atoms with Gasteiger partial charge in [-0.25, -0.2) is 10.2 Å². The number of rotatable bonds is 8. The number of benzene rings is 3.